The molecule has 9 nitrogen and oxygen atoms in total. The Hall–Kier alpha value is -2.65. The number of rotatable bonds is 3. The highest BCUT2D eigenvalue weighted by Crippen LogP contribution is 2.28. The Morgan fingerprint density at radius 1 is 1.15 bits per heavy atom. The van der Waals surface area contributed by atoms with E-state index < -0.39 is 0 Å². The van der Waals surface area contributed by atoms with Crippen LogP contribution < -0.4 is 10.1 Å². The van der Waals surface area contributed by atoms with E-state index in [2.05, 4.69) is 5.32 Å². The molecule has 188 valence electrons. The van der Waals surface area contributed by atoms with Gasteiger partial charge >= 0.3 is 0 Å². The van der Waals surface area contributed by atoms with Gasteiger partial charge in [0, 0.05) is 71.0 Å². The van der Waals surface area contributed by atoms with Crippen LogP contribution in [0.5, 0.6) is 5.75 Å². The van der Waals surface area contributed by atoms with Crippen LogP contribution in [0.1, 0.15) is 44.0 Å². The molecule has 3 amide bonds. The van der Waals surface area contributed by atoms with Gasteiger partial charge in [-0.05, 0) is 31.9 Å². The molecule has 0 aromatic heterocycles. The molecule has 1 N–H and O–H groups in total. The molecule has 0 bridgehead atoms. The molecule has 9 heteroatoms. The summed E-state index contributed by atoms with van der Waals surface area (Å²) in [5.41, 5.74) is 0.939. The molecule has 1 saturated heterocycles. The summed E-state index contributed by atoms with van der Waals surface area (Å²) in [6, 6.07) is 4.77. The molecule has 2 aliphatic rings. The van der Waals surface area contributed by atoms with Gasteiger partial charge in [-0.25, -0.2) is 0 Å². The fraction of sp³-hybridized carbons (Fsp3) is 0.640. The summed E-state index contributed by atoms with van der Waals surface area (Å²) in [5, 5.41) is 2.73. The molecule has 2 aliphatic heterocycles. The van der Waals surface area contributed by atoms with Gasteiger partial charge in [-0.15, -0.1) is 0 Å². The first-order valence-electron chi connectivity index (χ1n) is 11.9. The van der Waals surface area contributed by atoms with Crippen LogP contribution in [-0.2, 0) is 19.1 Å². The monoisotopic (exact) mass is 475 g/mol. The van der Waals surface area contributed by atoms with E-state index in [1.807, 2.05) is 18.7 Å². The lowest BCUT2D eigenvalue weighted by Crippen LogP contribution is -2.50. The van der Waals surface area contributed by atoms with Crippen molar-refractivity contribution in [2.75, 3.05) is 52.4 Å². The number of ether oxygens (including phenoxy) is 3. The summed E-state index contributed by atoms with van der Waals surface area (Å²) in [5.74, 6) is 0.00983. The van der Waals surface area contributed by atoms with Gasteiger partial charge in [0.15, 0.2) is 0 Å². The molecule has 1 fully saturated rings. The second-order valence-electron chi connectivity index (χ2n) is 9.37. The van der Waals surface area contributed by atoms with Gasteiger partial charge in [-0.3, -0.25) is 14.4 Å². The summed E-state index contributed by atoms with van der Waals surface area (Å²) in [7, 11) is 3.36. The average molecular weight is 476 g/mol. The van der Waals surface area contributed by atoms with Crippen LogP contribution in [0.15, 0.2) is 18.2 Å². The molecular weight excluding hydrogens is 438 g/mol. The number of fused-ring (bicyclic) bond motifs is 1. The van der Waals surface area contributed by atoms with Crippen molar-refractivity contribution in [1.29, 1.82) is 0 Å². The number of amides is 3. The minimum atomic E-state index is -0.242. The third-order valence-corrected chi connectivity index (χ3v) is 6.62. The van der Waals surface area contributed by atoms with Gasteiger partial charge in [0.05, 0.1) is 17.7 Å². The number of hydrogen-bond donors (Lipinski definition) is 1. The number of methoxy groups -OCH3 is 1. The normalized spacial score (nSPS) is 25.0. The van der Waals surface area contributed by atoms with E-state index in [-0.39, 0.29) is 48.3 Å². The molecule has 0 unspecified atom stereocenters. The molecule has 2 heterocycles. The van der Waals surface area contributed by atoms with Gasteiger partial charge in [0.25, 0.3) is 5.91 Å². The molecule has 3 rings (SSSR count). The van der Waals surface area contributed by atoms with E-state index >= 15 is 0 Å². The molecule has 0 aliphatic carbocycles. The zero-order valence-corrected chi connectivity index (χ0v) is 20.8. The minimum absolute atomic E-state index is 0.00697. The van der Waals surface area contributed by atoms with Gasteiger partial charge < -0.3 is 29.3 Å². The molecular formula is C25H37N3O6. The Morgan fingerprint density at radius 3 is 2.50 bits per heavy atom. The van der Waals surface area contributed by atoms with Crippen molar-refractivity contribution < 1.29 is 28.6 Å². The summed E-state index contributed by atoms with van der Waals surface area (Å²) in [6.45, 7) is 7.71. The lowest BCUT2D eigenvalue weighted by atomic mass is 9.95. The Balaban J connectivity index is 1.94. The zero-order valence-electron chi connectivity index (χ0n) is 20.8. The fourth-order valence-corrected chi connectivity index (χ4v) is 4.54. The molecule has 1 aromatic rings. The van der Waals surface area contributed by atoms with Crippen LogP contribution in [0, 0.1) is 11.8 Å². The Labute approximate surface area is 201 Å². The number of benzene rings is 1. The highest BCUT2D eigenvalue weighted by atomic mass is 16.5. The maximum Gasteiger partial charge on any atom is 0.257 e. The number of carbonyl (C=O) groups is 3. The smallest absolute Gasteiger partial charge is 0.257 e. The van der Waals surface area contributed by atoms with Crippen LogP contribution in [0.2, 0.25) is 0 Å². The predicted molar refractivity (Wildman–Crippen MR) is 128 cm³/mol. The number of likely N-dealkylation sites (N-methyl/N-ethyl adjacent to an activating group) is 1. The second kappa shape index (κ2) is 11.7. The minimum Gasteiger partial charge on any atom is -0.491 e. The van der Waals surface area contributed by atoms with E-state index in [1.165, 1.54) is 6.92 Å². The molecule has 34 heavy (non-hydrogen) atoms. The van der Waals surface area contributed by atoms with Crippen LogP contribution in [0.3, 0.4) is 0 Å². The van der Waals surface area contributed by atoms with Crippen LogP contribution in [-0.4, -0.2) is 86.7 Å². The number of hydrogen-bond acceptors (Lipinski definition) is 6. The largest absolute Gasteiger partial charge is 0.491 e. The number of carbonyl (C=O) groups excluding carboxylic acids is 3. The van der Waals surface area contributed by atoms with Crippen molar-refractivity contribution in [3.63, 3.8) is 0 Å². The van der Waals surface area contributed by atoms with Crippen LogP contribution in [0.4, 0.5) is 5.69 Å². The fourth-order valence-electron chi connectivity index (χ4n) is 4.54. The lowest BCUT2D eigenvalue weighted by molar-refractivity contribution is -0.143. The van der Waals surface area contributed by atoms with Crippen LogP contribution in [0.25, 0.3) is 0 Å². The highest BCUT2D eigenvalue weighted by Gasteiger charge is 2.33. The van der Waals surface area contributed by atoms with E-state index in [0.29, 0.717) is 56.1 Å². The van der Waals surface area contributed by atoms with Crippen molar-refractivity contribution in [2.24, 2.45) is 11.8 Å². The first-order chi connectivity index (χ1) is 16.2. The van der Waals surface area contributed by atoms with E-state index in [1.54, 1.807) is 37.3 Å². The first-order valence-corrected chi connectivity index (χ1v) is 11.9. The van der Waals surface area contributed by atoms with Gasteiger partial charge in [0.1, 0.15) is 12.4 Å². The maximum atomic E-state index is 13.5. The Bertz CT molecular complexity index is 885. The van der Waals surface area contributed by atoms with Gasteiger partial charge in [-0.1, -0.05) is 6.92 Å². The Kier molecular flexibility index (Phi) is 8.90. The summed E-state index contributed by atoms with van der Waals surface area (Å²) < 4.78 is 17.3. The van der Waals surface area contributed by atoms with Crippen molar-refractivity contribution in [3.8, 4) is 5.75 Å². The molecule has 0 spiro atoms. The van der Waals surface area contributed by atoms with E-state index in [9.17, 15) is 14.4 Å². The van der Waals surface area contributed by atoms with Crippen LogP contribution >= 0.6 is 0 Å². The first kappa shape index (κ1) is 26.0. The number of nitrogens with zero attached hydrogens (tertiary/aromatic N) is 2. The number of nitrogens with one attached hydrogen (secondary N) is 1. The summed E-state index contributed by atoms with van der Waals surface area (Å²) in [6.07, 6.45) is 1.18. The lowest BCUT2D eigenvalue weighted by Gasteiger charge is -2.38. The zero-order chi connectivity index (χ0) is 24.8. The van der Waals surface area contributed by atoms with Crippen molar-refractivity contribution >= 4 is 23.4 Å². The quantitative estimate of drug-likeness (QED) is 0.721. The van der Waals surface area contributed by atoms with Gasteiger partial charge in [0.2, 0.25) is 11.8 Å². The second-order valence-corrected chi connectivity index (χ2v) is 9.37. The standard InChI is InChI=1S/C25H37N3O6/c1-16-13-28(24(30)19-8-10-33-11-9-19)17(2)15-34-22-12-20(26-18(3)29)6-7-21(22)25(31)27(4)14-23(16)32-5/h6-7,12,16-17,19,23H,8-11,13-15H2,1-5H3,(H,26,29)/t16-,17+,23-/m1/s1. The molecule has 1 aromatic carbocycles. The van der Waals surface area contributed by atoms with Crippen molar-refractivity contribution in [1.82, 2.24) is 9.80 Å². The maximum absolute atomic E-state index is 13.5. The van der Waals surface area contributed by atoms with E-state index in [4.69, 9.17) is 14.2 Å². The van der Waals surface area contributed by atoms with Crippen molar-refractivity contribution in [3.05, 3.63) is 23.8 Å². The SMILES string of the molecule is CO[C@@H]1CN(C)C(=O)c2ccc(NC(C)=O)cc2OC[C@H](C)N(C(=O)C2CCOCC2)C[C@H]1C. The molecule has 3 atom stereocenters. The highest BCUT2D eigenvalue weighted by molar-refractivity contribution is 5.98. The van der Waals surface area contributed by atoms with Gasteiger partial charge in [-0.2, -0.15) is 0 Å². The molecule has 0 radical (unpaired) electrons. The molecule has 0 saturated carbocycles. The summed E-state index contributed by atoms with van der Waals surface area (Å²) in [4.78, 5) is 41.8. The van der Waals surface area contributed by atoms with E-state index in [0.717, 1.165) is 0 Å². The topological polar surface area (TPSA) is 97.4 Å². The third kappa shape index (κ3) is 6.27. The predicted octanol–water partition coefficient (Wildman–Crippen LogP) is 2.40. The third-order valence-electron chi connectivity index (χ3n) is 6.62. The Morgan fingerprint density at radius 2 is 1.85 bits per heavy atom. The average Bonchev–Trinajstić information content (AvgIpc) is 2.82. The summed E-state index contributed by atoms with van der Waals surface area (Å²) >= 11 is 0. The van der Waals surface area contributed by atoms with Crippen molar-refractivity contribution in [2.45, 2.75) is 45.8 Å². The number of anilines is 1.